The number of alkyl carbamates (subject to hydrolysis) is 1. The summed E-state index contributed by atoms with van der Waals surface area (Å²) in [5.41, 5.74) is 1.27. The SMILES string of the molecule is C[C@@H](COC(=O)NCCOCCN1C(=O)C=CC1=O)NC(=O)N(C[C@H]1CCNC1)C(c1nc(-c2cc(F)ccc2F)cn1Cc1ccccc1)C1CCOCC1. The van der Waals surface area contributed by atoms with E-state index in [4.69, 9.17) is 19.2 Å². The van der Waals surface area contributed by atoms with Crippen LogP contribution in [0.3, 0.4) is 0 Å². The maximum absolute atomic E-state index is 15.2. The highest BCUT2D eigenvalue weighted by molar-refractivity contribution is 6.12. The number of ether oxygens (including phenoxy) is 3. The minimum absolute atomic E-state index is 0.0306. The number of halogens is 2. The molecule has 56 heavy (non-hydrogen) atoms. The summed E-state index contributed by atoms with van der Waals surface area (Å²) in [4.78, 5) is 58.1. The Balaban J connectivity index is 1.17. The van der Waals surface area contributed by atoms with E-state index in [1.165, 1.54) is 12.2 Å². The van der Waals surface area contributed by atoms with Gasteiger partial charge in [-0.25, -0.2) is 23.4 Å². The van der Waals surface area contributed by atoms with Crippen molar-refractivity contribution in [3.8, 4) is 11.3 Å². The van der Waals surface area contributed by atoms with Crippen LogP contribution in [0, 0.1) is 23.5 Å². The fourth-order valence-corrected chi connectivity index (χ4v) is 7.23. The highest BCUT2D eigenvalue weighted by atomic mass is 19.1. The lowest BCUT2D eigenvalue weighted by molar-refractivity contribution is -0.137. The summed E-state index contributed by atoms with van der Waals surface area (Å²) >= 11 is 0. The fourth-order valence-electron chi connectivity index (χ4n) is 7.23. The first-order valence-corrected chi connectivity index (χ1v) is 19.1. The van der Waals surface area contributed by atoms with Gasteiger partial charge in [0.2, 0.25) is 0 Å². The Bertz CT molecular complexity index is 1830. The molecular formula is C40H49F2N7O7. The highest BCUT2D eigenvalue weighted by Gasteiger charge is 2.39. The first-order valence-electron chi connectivity index (χ1n) is 19.1. The third-order valence-corrected chi connectivity index (χ3v) is 10.1. The number of benzene rings is 2. The van der Waals surface area contributed by atoms with E-state index in [-0.39, 0.29) is 73.8 Å². The molecule has 0 aliphatic carbocycles. The number of nitrogens with zero attached hydrogens (tertiary/aromatic N) is 4. The van der Waals surface area contributed by atoms with Crippen molar-refractivity contribution in [2.24, 2.45) is 11.8 Å². The van der Waals surface area contributed by atoms with Crippen LogP contribution in [-0.4, -0.2) is 115 Å². The molecule has 300 valence electrons. The maximum atomic E-state index is 15.2. The van der Waals surface area contributed by atoms with Gasteiger partial charge < -0.3 is 39.6 Å². The number of urea groups is 1. The molecule has 3 aromatic rings. The number of amides is 5. The summed E-state index contributed by atoms with van der Waals surface area (Å²) < 4.78 is 48.2. The standard InChI is InChI=1S/C40H49F2N7O7/c1-27(26-56-40(53)44-15-19-55-20-16-48-35(50)9-10-36(48)51)45-39(52)49(24-29-11-14-43-22-29)37(30-12-17-54-18-13-30)38-46-34(32-21-31(41)7-8-33(32)42)25-47(38)23-28-5-3-2-4-6-28/h2-10,21,25,27,29-30,37,43H,11-20,22-24,26H2,1H3,(H,44,53)(H,45,52)/t27-,29-,37?/m0/s1. The monoisotopic (exact) mass is 777 g/mol. The first kappa shape index (κ1) is 40.5. The third kappa shape index (κ3) is 10.8. The Hall–Kier alpha value is -5.19. The van der Waals surface area contributed by atoms with Gasteiger partial charge in [-0.05, 0) is 74.9 Å². The largest absolute Gasteiger partial charge is 0.447 e. The zero-order valence-corrected chi connectivity index (χ0v) is 31.5. The molecule has 2 fully saturated rings. The first-order chi connectivity index (χ1) is 27.2. The summed E-state index contributed by atoms with van der Waals surface area (Å²) in [5, 5.41) is 9.02. The van der Waals surface area contributed by atoms with Crippen molar-refractivity contribution in [2.75, 3.05) is 65.8 Å². The molecule has 16 heteroatoms. The smallest absolute Gasteiger partial charge is 0.407 e. The van der Waals surface area contributed by atoms with Gasteiger partial charge in [0.05, 0.1) is 37.5 Å². The number of imidazole rings is 1. The van der Waals surface area contributed by atoms with Crippen LogP contribution in [-0.2, 0) is 30.3 Å². The lowest BCUT2D eigenvalue weighted by Crippen LogP contribution is -2.51. The molecule has 3 aliphatic heterocycles. The van der Waals surface area contributed by atoms with Gasteiger partial charge in [-0.2, -0.15) is 0 Å². The average Bonchev–Trinajstić information content (AvgIpc) is 3.95. The Morgan fingerprint density at radius 3 is 2.55 bits per heavy atom. The van der Waals surface area contributed by atoms with Crippen LogP contribution in [0.4, 0.5) is 18.4 Å². The van der Waals surface area contributed by atoms with Gasteiger partial charge in [0, 0.05) is 56.8 Å². The predicted molar refractivity (Wildman–Crippen MR) is 201 cm³/mol. The van der Waals surface area contributed by atoms with Gasteiger partial charge in [0.15, 0.2) is 0 Å². The van der Waals surface area contributed by atoms with Crippen molar-refractivity contribution in [3.05, 3.63) is 89.9 Å². The number of carbonyl (C=O) groups is 4. The molecule has 14 nitrogen and oxygen atoms in total. The van der Waals surface area contributed by atoms with E-state index in [0.717, 1.165) is 48.2 Å². The second-order valence-electron chi connectivity index (χ2n) is 14.3. The number of imide groups is 1. The van der Waals surface area contributed by atoms with E-state index in [0.29, 0.717) is 45.0 Å². The van der Waals surface area contributed by atoms with Crippen molar-refractivity contribution < 1.29 is 42.2 Å². The number of aromatic nitrogens is 2. The molecular weight excluding hydrogens is 728 g/mol. The number of hydrogen-bond donors (Lipinski definition) is 3. The van der Waals surface area contributed by atoms with E-state index in [1.54, 1.807) is 13.1 Å². The van der Waals surface area contributed by atoms with Crippen molar-refractivity contribution in [1.82, 2.24) is 35.3 Å². The summed E-state index contributed by atoms with van der Waals surface area (Å²) in [7, 11) is 0. The van der Waals surface area contributed by atoms with E-state index >= 15 is 4.39 Å². The van der Waals surface area contributed by atoms with Gasteiger partial charge in [0.25, 0.3) is 11.8 Å². The molecule has 1 unspecified atom stereocenters. The van der Waals surface area contributed by atoms with Gasteiger partial charge in [-0.1, -0.05) is 30.3 Å². The Morgan fingerprint density at radius 2 is 1.82 bits per heavy atom. The molecule has 0 bridgehead atoms. The van der Waals surface area contributed by atoms with Crippen LogP contribution >= 0.6 is 0 Å². The Morgan fingerprint density at radius 1 is 1.05 bits per heavy atom. The van der Waals surface area contributed by atoms with E-state index in [1.807, 2.05) is 39.8 Å². The molecule has 0 saturated carbocycles. The van der Waals surface area contributed by atoms with E-state index in [9.17, 15) is 23.6 Å². The number of carbonyl (C=O) groups excluding carboxylic acids is 4. The molecule has 0 radical (unpaired) electrons. The third-order valence-electron chi connectivity index (χ3n) is 10.1. The second kappa shape index (κ2) is 19.6. The number of nitrogens with one attached hydrogen (secondary N) is 3. The average molecular weight is 778 g/mol. The minimum Gasteiger partial charge on any atom is -0.447 e. The topological polar surface area (TPSA) is 156 Å². The summed E-state index contributed by atoms with van der Waals surface area (Å²) in [5.74, 6) is -1.31. The lowest BCUT2D eigenvalue weighted by Gasteiger charge is -2.40. The van der Waals surface area contributed by atoms with Crippen molar-refractivity contribution in [3.63, 3.8) is 0 Å². The quantitative estimate of drug-likeness (QED) is 0.136. The van der Waals surface area contributed by atoms with Crippen molar-refractivity contribution in [2.45, 2.75) is 44.8 Å². The van der Waals surface area contributed by atoms with Crippen molar-refractivity contribution in [1.29, 1.82) is 0 Å². The zero-order valence-electron chi connectivity index (χ0n) is 31.5. The zero-order chi connectivity index (χ0) is 39.4. The van der Waals surface area contributed by atoms with Crippen LogP contribution in [0.1, 0.15) is 43.6 Å². The molecule has 0 spiro atoms. The molecule has 3 N–H and O–H groups in total. The molecule has 1 aromatic heterocycles. The molecule has 4 heterocycles. The molecule has 5 amide bonds. The molecule has 6 rings (SSSR count). The van der Waals surface area contributed by atoms with Crippen LogP contribution in [0.2, 0.25) is 0 Å². The van der Waals surface area contributed by atoms with E-state index in [2.05, 4.69) is 16.0 Å². The lowest BCUT2D eigenvalue weighted by atomic mass is 9.89. The van der Waals surface area contributed by atoms with Gasteiger partial charge >= 0.3 is 12.1 Å². The predicted octanol–water partition coefficient (Wildman–Crippen LogP) is 4.02. The highest BCUT2D eigenvalue weighted by Crippen LogP contribution is 2.38. The minimum atomic E-state index is -0.696. The fraction of sp³-hybridized carbons (Fsp3) is 0.475. The van der Waals surface area contributed by atoms with Gasteiger partial charge in [0.1, 0.15) is 24.1 Å². The Kier molecular flexibility index (Phi) is 14.2. The van der Waals surface area contributed by atoms with Crippen LogP contribution in [0.15, 0.2) is 66.9 Å². The van der Waals surface area contributed by atoms with Crippen LogP contribution < -0.4 is 16.0 Å². The molecule has 3 atom stereocenters. The molecule has 2 aromatic carbocycles. The summed E-state index contributed by atoms with van der Waals surface area (Å²) in [6, 6.07) is 11.6. The molecule has 2 saturated heterocycles. The number of hydrogen-bond acceptors (Lipinski definition) is 9. The molecule has 3 aliphatic rings. The maximum Gasteiger partial charge on any atom is 0.407 e. The van der Waals surface area contributed by atoms with Crippen molar-refractivity contribution >= 4 is 23.9 Å². The Labute approximate surface area is 324 Å². The van der Waals surface area contributed by atoms with Crippen LogP contribution in [0.25, 0.3) is 11.3 Å². The van der Waals surface area contributed by atoms with Gasteiger partial charge in [-0.3, -0.25) is 14.5 Å². The second-order valence-corrected chi connectivity index (χ2v) is 14.3. The summed E-state index contributed by atoms with van der Waals surface area (Å²) in [6.07, 6.45) is 5.63. The number of rotatable bonds is 17. The van der Waals surface area contributed by atoms with Crippen LogP contribution in [0.5, 0.6) is 0 Å². The van der Waals surface area contributed by atoms with Gasteiger partial charge in [-0.15, -0.1) is 0 Å². The van der Waals surface area contributed by atoms with E-state index < -0.39 is 29.8 Å². The normalized spacial score (nSPS) is 18.3. The summed E-state index contributed by atoms with van der Waals surface area (Å²) in [6.45, 7) is 5.50.